The van der Waals surface area contributed by atoms with Gasteiger partial charge in [0.1, 0.15) is 5.71 Å². The fourth-order valence-corrected chi connectivity index (χ4v) is 2.46. The fraction of sp³-hybridized carbons (Fsp3) is 0.0667. The third-order valence-electron chi connectivity index (χ3n) is 3.26. The Morgan fingerprint density at radius 2 is 1.71 bits per heavy atom. The molecule has 3 rings (SSSR count). The largest absolute Gasteiger partial charge is 0.342 e. The molecule has 2 aromatic carbocycles. The van der Waals surface area contributed by atoms with Crippen LogP contribution in [0.5, 0.6) is 0 Å². The van der Waals surface area contributed by atoms with Crippen molar-refractivity contribution < 1.29 is 4.79 Å². The van der Waals surface area contributed by atoms with E-state index in [4.69, 9.17) is 23.2 Å². The van der Waals surface area contributed by atoms with Crippen LogP contribution in [0, 0.1) is 0 Å². The molecule has 0 aromatic heterocycles. The second kappa shape index (κ2) is 5.39. The van der Waals surface area contributed by atoms with Gasteiger partial charge in [-0.15, -0.1) is 0 Å². The molecule has 2 amide bonds. The van der Waals surface area contributed by atoms with Crippen molar-refractivity contribution in [3.05, 3.63) is 63.6 Å². The van der Waals surface area contributed by atoms with Crippen LogP contribution >= 0.6 is 23.2 Å². The van der Waals surface area contributed by atoms with E-state index in [1.807, 2.05) is 12.1 Å². The van der Waals surface area contributed by atoms with E-state index < -0.39 is 0 Å². The summed E-state index contributed by atoms with van der Waals surface area (Å²) in [6, 6.07) is 12.3. The third kappa shape index (κ3) is 2.60. The molecule has 0 unspecified atom stereocenters. The number of hydrogen-bond donors (Lipinski definition) is 1. The highest BCUT2D eigenvalue weighted by atomic mass is 35.5. The van der Waals surface area contributed by atoms with Gasteiger partial charge < -0.3 is 0 Å². The van der Waals surface area contributed by atoms with Gasteiger partial charge in [-0.25, -0.2) is 10.2 Å². The van der Waals surface area contributed by atoms with E-state index in [1.165, 1.54) is 4.90 Å². The summed E-state index contributed by atoms with van der Waals surface area (Å²) >= 11 is 12.0. The number of fused-ring (bicyclic) bond motifs is 1. The molecule has 1 heterocycles. The van der Waals surface area contributed by atoms with Gasteiger partial charge >= 0.3 is 6.03 Å². The van der Waals surface area contributed by atoms with E-state index in [0.29, 0.717) is 15.8 Å². The van der Waals surface area contributed by atoms with Crippen molar-refractivity contribution in [2.45, 2.75) is 0 Å². The van der Waals surface area contributed by atoms with Crippen molar-refractivity contribution in [1.82, 2.24) is 5.43 Å². The lowest BCUT2D eigenvalue weighted by molar-refractivity contribution is 0.248. The van der Waals surface area contributed by atoms with Crippen LogP contribution in [0.15, 0.2) is 47.6 Å². The average molecular weight is 320 g/mol. The predicted molar refractivity (Wildman–Crippen MR) is 85.5 cm³/mol. The van der Waals surface area contributed by atoms with Crippen molar-refractivity contribution >= 4 is 40.6 Å². The molecule has 1 aliphatic heterocycles. The Bertz CT molecular complexity index is 741. The van der Waals surface area contributed by atoms with E-state index in [1.54, 1.807) is 37.4 Å². The summed E-state index contributed by atoms with van der Waals surface area (Å²) in [5, 5.41) is 5.43. The van der Waals surface area contributed by atoms with Gasteiger partial charge in [0, 0.05) is 28.2 Å². The van der Waals surface area contributed by atoms with Gasteiger partial charge in [0.25, 0.3) is 0 Å². The minimum atomic E-state index is -0.303. The van der Waals surface area contributed by atoms with Crippen LogP contribution in [0.3, 0.4) is 0 Å². The quantitative estimate of drug-likeness (QED) is 0.851. The molecule has 0 bridgehead atoms. The minimum Gasteiger partial charge on any atom is -0.295 e. The Kier molecular flexibility index (Phi) is 3.57. The molecule has 0 spiro atoms. The van der Waals surface area contributed by atoms with Crippen molar-refractivity contribution in [1.29, 1.82) is 0 Å². The van der Waals surface area contributed by atoms with Crippen LogP contribution in [-0.4, -0.2) is 18.8 Å². The first-order chi connectivity index (χ1) is 10.1. The minimum absolute atomic E-state index is 0.303. The van der Waals surface area contributed by atoms with Gasteiger partial charge in [0.2, 0.25) is 0 Å². The molecule has 0 atom stereocenters. The summed E-state index contributed by atoms with van der Waals surface area (Å²) < 4.78 is 0. The fourth-order valence-electron chi connectivity index (χ4n) is 2.17. The Labute approximate surface area is 132 Å². The molecule has 0 saturated heterocycles. The van der Waals surface area contributed by atoms with Gasteiger partial charge in [-0.2, -0.15) is 5.10 Å². The van der Waals surface area contributed by atoms with Crippen LogP contribution in [0.1, 0.15) is 11.1 Å². The number of halogens is 2. The second-order valence-electron chi connectivity index (χ2n) is 4.60. The normalized spacial score (nSPS) is 14.1. The lowest BCUT2D eigenvalue weighted by Crippen LogP contribution is -2.33. The van der Waals surface area contributed by atoms with Gasteiger partial charge in [-0.05, 0) is 30.3 Å². The average Bonchev–Trinajstić information content (AvgIpc) is 2.59. The number of urea groups is 1. The number of hydrogen-bond acceptors (Lipinski definition) is 2. The molecular formula is C15H11Cl2N3O. The highest BCUT2D eigenvalue weighted by Gasteiger charge is 2.22. The summed E-state index contributed by atoms with van der Waals surface area (Å²) in [4.78, 5) is 13.4. The standard InChI is InChI=1S/C15H11Cl2N3O/c1-20-13-7-6-11(17)8-12(13)14(18-19-15(20)21)9-2-4-10(16)5-3-9/h2-8H,1H3,(H,19,21). The van der Waals surface area contributed by atoms with Crippen LogP contribution in [-0.2, 0) is 0 Å². The number of nitrogens with one attached hydrogen (secondary N) is 1. The summed E-state index contributed by atoms with van der Waals surface area (Å²) in [5.74, 6) is 0. The molecule has 1 aliphatic rings. The molecule has 2 aromatic rings. The van der Waals surface area contributed by atoms with Crippen LogP contribution in [0.4, 0.5) is 10.5 Å². The van der Waals surface area contributed by atoms with Gasteiger partial charge in [0.05, 0.1) is 5.69 Å². The molecule has 0 radical (unpaired) electrons. The Morgan fingerprint density at radius 3 is 2.43 bits per heavy atom. The van der Waals surface area contributed by atoms with E-state index in [9.17, 15) is 4.79 Å². The third-order valence-corrected chi connectivity index (χ3v) is 3.75. The summed E-state index contributed by atoms with van der Waals surface area (Å²) in [7, 11) is 1.68. The summed E-state index contributed by atoms with van der Waals surface area (Å²) in [6.45, 7) is 0. The highest BCUT2D eigenvalue weighted by molar-refractivity contribution is 6.32. The lowest BCUT2D eigenvalue weighted by atomic mass is 10.0. The number of nitrogens with zero attached hydrogens (tertiary/aromatic N) is 2. The van der Waals surface area contributed by atoms with Gasteiger partial charge in [0.15, 0.2) is 0 Å². The number of amides is 2. The first kappa shape index (κ1) is 13.9. The highest BCUT2D eigenvalue weighted by Crippen LogP contribution is 2.28. The number of rotatable bonds is 1. The number of hydrazone groups is 1. The second-order valence-corrected chi connectivity index (χ2v) is 5.48. The Hall–Kier alpha value is -2.04. The van der Waals surface area contributed by atoms with Gasteiger partial charge in [-0.3, -0.25) is 4.90 Å². The number of carbonyl (C=O) groups excluding carboxylic acids is 1. The molecule has 4 nitrogen and oxygen atoms in total. The topological polar surface area (TPSA) is 44.7 Å². The van der Waals surface area contributed by atoms with E-state index in [0.717, 1.165) is 16.8 Å². The van der Waals surface area contributed by atoms with Crippen LogP contribution in [0.2, 0.25) is 10.0 Å². The van der Waals surface area contributed by atoms with E-state index in [-0.39, 0.29) is 6.03 Å². The Balaban J connectivity index is 2.20. The maximum Gasteiger partial charge on any atom is 0.342 e. The molecule has 0 aliphatic carbocycles. The molecule has 1 N–H and O–H groups in total. The van der Waals surface area contributed by atoms with Crippen molar-refractivity contribution in [2.24, 2.45) is 5.10 Å². The van der Waals surface area contributed by atoms with Crippen molar-refractivity contribution in [2.75, 3.05) is 11.9 Å². The molecule has 106 valence electrons. The smallest absolute Gasteiger partial charge is 0.295 e. The number of carbonyl (C=O) groups is 1. The zero-order chi connectivity index (χ0) is 15.0. The summed E-state index contributed by atoms with van der Waals surface area (Å²) in [6.07, 6.45) is 0. The zero-order valence-corrected chi connectivity index (χ0v) is 12.6. The van der Waals surface area contributed by atoms with E-state index >= 15 is 0 Å². The summed E-state index contributed by atoms with van der Waals surface area (Å²) in [5.41, 5.74) is 5.53. The Morgan fingerprint density at radius 1 is 1.05 bits per heavy atom. The maximum atomic E-state index is 11.9. The van der Waals surface area contributed by atoms with Gasteiger partial charge in [-0.1, -0.05) is 35.3 Å². The molecular weight excluding hydrogens is 309 g/mol. The molecule has 6 heteroatoms. The van der Waals surface area contributed by atoms with Crippen molar-refractivity contribution in [3.63, 3.8) is 0 Å². The zero-order valence-electron chi connectivity index (χ0n) is 11.1. The SMILES string of the molecule is CN1C(=O)NN=C(c2ccc(Cl)cc2)c2cc(Cl)ccc21. The number of anilines is 1. The molecule has 0 saturated carbocycles. The monoisotopic (exact) mass is 319 g/mol. The lowest BCUT2D eigenvalue weighted by Gasteiger charge is -2.17. The number of benzene rings is 2. The van der Waals surface area contributed by atoms with Crippen molar-refractivity contribution in [3.8, 4) is 0 Å². The first-order valence-corrected chi connectivity index (χ1v) is 6.99. The van der Waals surface area contributed by atoms with E-state index in [2.05, 4.69) is 10.5 Å². The first-order valence-electron chi connectivity index (χ1n) is 6.23. The predicted octanol–water partition coefficient (Wildman–Crippen LogP) is 3.91. The maximum absolute atomic E-state index is 11.9. The van der Waals surface area contributed by atoms with Crippen LogP contribution in [0.25, 0.3) is 0 Å². The molecule has 0 fully saturated rings. The molecule has 21 heavy (non-hydrogen) atoms. The van der Waals surface area contributed by atoms with Crippen LogP contribution < -0.4 is 10.3 Å².